The summed E-state index contributed by atoms with van der Waals surface area (Å²) in [6.07, 6.45) is 3.54. The zero-order chi connectivity index (χ0) is 12.1. The van der Waals surface area contributed by atoms with Crippen LogP contribution in [-0.2, 0) is 9.53 Å². The van der Waals surface area contributed by atoms with E-state index in [1.165, 1.54) is 0 Å². The molecule has 92 valence electrons. The smallest absolute Gasteiger partial charge is 0.305 e. The van der Waals surface area contributed by atoms with E-state index < -0.39 is 5.97 Å². The number of rotatable bonds is 4. The van der Waals surface area contributed by atoms with Crippen LogP contribution in [0.5, 0.6) is 0 Å². The van der Waals surface area contributed by atoms with Gasteiger partial charge in [0.2, 0.25) is 0 Å². The van der Waals surface area contributed by atoms with Crippen molar-refractivity contribution in [3.8, 4) is 0 Å². The van der Waals surface area contributed by atoms with E-state index in [0.29, 0.717) is 13.2 Å². The summed E-state index contributed by atoms with van der Waals surface area (Å²) in [4.78, 5) is 17.2. The molecule has 0 aromatic carbocycles. The molecule has 0 aliphatic carbocycles. The molecule has 5 nitrogen and oxygen atoms in total. The molecule has 0 saturated carbocycles. The molecule has 0 bridgehead atoms. The Labute approximate surface area is 100 Å². The molecule has 2 heterocycles. The first-order chi connectivity index (χ1) is 8.27. The first kappa shape index (κ1) is 12.0. The number of aliphatic carboxylic acids is 1. The number of hydrogen-bond donors (Lipinski definition) is 1. The van der Waals surface area contributed by atoms with E-state index in [1.54, 1.807) is 12.4 Å². The second kappa shape index (κ2) is 5.75. The molecule has 1 aliphatic rings. The topological polar surface area (TPSA) is 62.7 Å². The van der Waals surface area contributed by atoms with E-state index in [0.717, 1.165) is 18.7 Å². The van der Waals surface area contributed by atoms with Gasteiger partial charge in [0.15, 0.2) is 0 Å². The first-order valence-electron chi connectivity index (χ1n) is 5.71. The van der Waals surface area contributed by atoms with Crippen LogP contribution in [0.3, 0.4) is 0 Å². The highest BCUT2D eigenvalue weighted by Gasteiger charge is 2.24. The van der Waals surface area contributed by atoms with Gasteiger partial charge in [0.25, 0.3) is 0 Å². The number of carbonyl (C=O) groups is 1. The molecule has 1 aromatic heterocycles. The third-order valence-corrected chi connectivity index (χ3v) is 2.92. The van der Waals surface area contributed by atoms with Gasteiger partial charge in [-0.2, -0.15) is 0 Å². The number of hydrogen-bond acceptors (Lipinski definition) is 4. The van der Waals surface area contributed by atoms with Crippen molar-refractivity contribution in [3.05, 3.63) is 30.1 Å². The lowest BCUT2D eigenvalue weighted by atomic mass is 10.0. The van der Waals surface area contributed by atoms with Crippen LogP contribution in [0, 0.1) is 0 Å². The molecule has 1 N–H and O–H groups in total. The third-order valence-electron chi connectivity index (χ3n) is 2.92. The molecule has 0 amide bonds. The van der Waals surface area contributed by atoms with Gasteiger partial charge in [-0.15, -0.1) is 0 Å². The van der Waals surface area contributed by atoms with Gasteiger partial charge in [-0.1, -0.05) is 6.07 Å². The quantitative estimate of drug-likeness (QED) is 0.842. The summed E-state index contributed by atoms with van der Waals surface area (Å²) in [6, 6.07) is 3.66. The number of nitrogens with zero attached hydrogens (tertiary/aromatic N) is 2. The minimum Gasteiger partial charge on any atom is -0.481 e. The van der Waals surface area contributed by atoms with Crippen LogP contribution in [-0.4, -0.2) is 47.3 Å². The van der Waals surface area contributed by atoms with Crippen molar-refractivity contribution >= 4 is 5.97 Å². The number of carboxylic acids is 1. The number of aromatic nitrogens is 1. The molecule has 1 saturated heterocycles. The van der Waals surface area contributed by atoms with Gasteiger partial charge in [-0.05, 0) is 11.6 Å². The Bertz CT molecular complexity index is 363. The van der Waals surface area contributed by atoms with Crippen molar-refractivity contribution in [2.24, 2.45) is 0 Å². The fraction of sp³-hybridized carbons (Fsp3) is 0.500. The number of carboxylic acid groups (broad SMARTS) is 1. The second-order valence-corrected chi connectivity index (χ2v) is 4.05. The summed E-state index contributed by atoms with van der Waals surface area (Å²) >= 11 is 0. The summed E-state index contributed by atoms with van der Waals surface area (Å²) in [7, 11) is 0. The Balaban J connectivity index is 2.15. The Kier molecular flexibility index (Phi) is 4.06. The highest BCUT2D eigenvalue weighted by molar-refractivity contribution is 5.67. The van der Waals surface area contributed by atoms with E-state index in [-0.39, 0.29) is 12.5 Å². The van der Waals surface area contributed by atoms with Crippen molar-refractivity contribution in [3.63, 3.8) is 0 Å². The van der Waals surface area contributed by atoms with E-state index in [9.17, 15) is 4.79 Å². The molecule has 0 radical (unpaired) electrons. The molecule has 1 aliphatic heterocycles. The Hall–Kier alpha value is -1.46. The van der Waals surface area contributed by atoms with Crippen LogP contribution in [0.2, 0.25) is 0 Å². The average Bonchev–Trinajstić information content (AvgIpc) is 2.38. The normalized spacial score (nSPS) is 18.8. The molecule has 0 spiro atoms. The fourth-order valence-corrected chi connectivity index (χ4v) is 2.09. The number of pyridine rings is 1. The van der Waals surface area contributed by atoms with Crippen LogP contribution in [0.25, 0.3) is 0 Å². The molecule has 1 atom stereocenters. The van der Waals surface area contributed by atoms with Crippen molar-refractivity contribution in [2.45, 2.75) is 12.5 Å². The molecular formula is C12H16N2O3. The lowest BCUT2D eigenvalue weighted by Gasteiger charge is -2.33. The van der Waals surface area contributed by atoms with E-state index in [4.69, 9.17) is 9.84 Å². The number of ether oxygens (including phenoxy) is 1. The lowest BCUT2D eigenvalue weighted by Crippen LogP contribution is -2.39. The second-order valence-electron chi connectivity index (χ2n) is 4.05. The van der Waals surface area contributed by atoms with Crippen LogP contribution < -0.4 is 0 Å². The van der Waals surface area contributed by atoms with Gasteiger partial charge in [0.05, 0.1) is 19.6 Å². The lowest BCUT2D eigenvalue weighted by molar-refractivity contribution is -0.139. The van der Waals surface area contributed by atoms with Crippen LogP contribution >= 0.6 is 0 Å². The summed E-state index contributed by atoms with van der Waals surface area (Å²) in [5.74, 6) is -0.787. The minimum absolute atomic E-state index is 0.103. The molecule has 17 heavy (non-hydrogen) atoms. The molecule has 2 rings (SSSR count). The SMILES string of the molecule is O=C(O)C[C@H](c1cccnc1)N1CCOCC1. The number of morpholine rings is 1. The van der Waals surface area contributed by atoms with Crippen LogP contribution in [0.1, 0.15) is 18.0 Å². The highest BCUT2D eigenvalue weighted by atomic mass is 16.5. The van der Waals surface area contributed by atoms with Gasteiger partial charge < -0.3 is 9.84 Å². The molecule has 5 heteroatoms. The van der Waals surface area contributed by atoms with Crippen molar-refractivity contribution in [2.75, 3.05) is 26.3 Å². The standard InChI is InChI=1S/C12H16N2O3/c15-12(16)8-11(10-2-1-3-13-9-10)14-4-6-17-7-5-14/h1-3,9,11H,4-8H2,(H,15,16)/t11-/m1/s1. The third kappa shape index (κ3) is 3.25. The van der Waals surface area contributed by atoms with Crippen molar-refractivity contribution in [1.29, 1.82) is 0 Å². The largest absolute Gasteiger partial charge is 0.481 e. The first-order valence-corrected chi connectivity index (χ1v) is 5.71. The zero-order valence-electron chi connectivity index (χ0n) is 9.58. The van der Waals surface area contributed by atoms with Crippen molar-refractivity contribution < 1.29 is 14.6 Å². The molecule has 1 aromatic rings. The maximum Gasteiger partial charge on any atom is 0.305 e. The van der Waals surface area contributed by atoms with Gasteiger partial charge in [0.1, 0.15) is 0 Å². The summed E-state index contributed by atoms with van der Waals surface area (Å²) < 4.78 is 5.29. The average molecular weight is 236 g/mol. The highest BCUT2D eigenvalue weighted by Crippen LogP contribution is 2.24. The minimum atomic E-state index is -0.787. The maximum absolute atomic E-state index is 10.9. The van der Waals surface area contributed by atoms with Crippen LogP contribution in [0.15, 0.2) is 24.5 Å². The Morgan fingerprint density at radius 2 is 2.29 bits per heavy atom. The summed E-state index contributed by atoms with van der Waals surface area (Å²) in [5.41, 5.74) is 0.955. The summed E-state index contributed by atoms with van der Waals surface area (Å²) in [5, 5.41) is 9.00. The van der Waals surface area contributed by atoms with E-state index in [2.05, 4.69) is 9.88 Å². The Morgan fingerprint density at radius 3 is 2.88 bits per heavy atom. The molecular weight excluding hydrogens is 220 g/mol. The van der Waals surface area contributed by atoms with Crippen molar-refractivity contribution in [1.82, 2.24) is 9.88 Å². The van der Waals surface area contributed by atoms with Gasteiger partial charge in [0, 0.05) is 31.5 Å². The van der Waals surface area contributed by atoms with Crippen LogP contribution in [0.4, 0.5) is 0 Å². The fourth-order valence-electron chi connectivity index (χ4n) is 2.09. The van der Waals surface area contributed by atoms with Gasteiger partial charge >= 0.3 is 5.97 Å². The Morgan fingerprint density at radius 1 is 1.53 bits per heavy atom. The van der Waals surface area contributed by atoms with Gasteiger partial charge in [-0.25, -0.2) is 0 Å². The molecule has 0 unspecified atom stereocenters. The predicted octanol–water partition coefficient (Wildman–Crippen LogP) is 0.930. The van der Waals surface area contributed by atoms with E-state index >= 15 is 0 Å². The zero-order valence-corrected chi connectivity index (χ0v) is 9.58. The molecule has 1 fully saturated rings. The summed E-state index contributed by atoms with van der Waals surface area (Å²) in [6.45, 7) is 2.87. The monoisotopic (exact) mass is 236 g/mol. The van der Waals surface area contributed by atoms with E-state index in [1.807, 2.05) is 12.1 Å². The van der Waals surface area contributed by atoms with Gasteiger partial charge in [-0.3, -0.25) is 14.7 Å². The predicted molar refractivity (Wildman–Crippen MR) is 61.6 cm³/mol. The maximum atomic E-state index is 10.9.